The average molecular weight is 409 g/mol. The Bertz CT molecular complexity index is 949. The van der Waals surface area contributed by atoms with Gasteiger partial charge < -0.3 is 14.8 Å². The predicted octanol–water partition coefficient (Wildman–Crippen LogP) is 3.27. The van der Waals surface area contributed by atoms with E-state index in [1.807, 2.05) is 48.5 Å². The summed E-state index contributed by atoms with van der Waals surface area (Å²) in [5, 5.41) is 2.88. The molecule has 2 fully saturated rings. The lowest BCUT2D eigenvalue weighted by Crippen LogP contribution is -2.43. The Morgan fingerprint density at radius 1 is 1.10 bits per heavy atom. The van der Waals surface area contributed by atoms with Gasteiger partial charge in [-0.2, -0.15) is 0 Å². The molecule has 2 aliphatic rings. The SMILES string of the molecule is COc1ccc(OC)c([C@H]2CCCN2CN2C(=O)N[C@@](C)(c3ccccc3)C2=O)c1. The first-order valence-corrected chi connectivity index (χ1v) is 10.1. The second-order valence-electron chi connectivity index (χ2n) is 7.87. The molecule has 3 amide bonds. The fourth-order valence-corrected chi connectivity index (χ4v) is 4.42. The molecule has 0 unspecified atom stereocenters. The summed E-state index contributed by atoms with van der Waals surface area (Å²) in [5.74, 6) is 1.30. The highest BCUT2D eigenvalue weighted by Crippen LogP contribution is 2.39. The zero-order chi connectivity index (χ0) is 21.3. The van der Waals surface area contributed by atoms with Crippen LogP contribution in [0.15, 0.2) is 48.5 Å². The Labute approximate surface area is 176 Å². The number of urea groups is 1. The molecule has 2 saturated heterocycles. The van der Waals surface area contributed by atoms with E-state index in [4.69, 9.17) is 9.47 Å². The first-order chi connectivity index (χ1) is 14.5. The van der Waals surface area contributed by atoms with Gasteiger partial charge in [-0.15, -0.1) is 0 Å². The predicted molar refractivity (Wildman–Crippen MR) is 112 cm³/mol. The molecular weight excluding hydrogens is 382 g/mol. The molecule has 0 bridgehead atoms. The van der Waals surface area contributed by atoms with Crippen molar-refractivity contribution in [2.75, 3.05) is 27.4 Å². The number of hydrogen-bond acceptors (Lipinski definition) is 5. The normalized spacial score (nSPS) is 24.2. The van der Waals surface area contributed by atoms with Crippen LogP contribution in [-0.4, -0.2) is 49.2 Å². The van der Waals surface area contributed by atoms with E-state index in [-0.39, 0.29) is 24.6 Å². The molecule has 7 nitrogen and oxygen atoms in total. The van der Waals surface area contributed by atoms with Gasteiger partial charge in [0.15, 0.2) is 0 Å². The smallest absolute Gasteiger partial charge is 0.326 e. The fraction of sp³-hybridized carbons (Fsp3) is 0.391. The van der Waals surface area contributed by atoms with Crippen LogP contribution >= 0.6 is 0 Å². The molecule has 1 N–H and O–H groups in total. The minimum Gasteiger partial charge on any atom is -0.497 e. The van der Waals surface area contributed by atoms with Gasteiger partial charge in [-0.05, 0) is 43.5 Å². The van der Waals surface area contributed by atoms with Crippen LogP contribution in [0.5, 0.6) is 11.5 Å². The average Bonchev–Trinajstić information content (AvgIpc) is 3.32. The van der Waals surface area contributed by atoms with Crippen LogP contribution in [0.1, 0.15) is 36.9 Å². The number of ether oxygens (including phenoxy) is 2. The van der Waals surface area contributed by atoms with Gasteiger partial charge in [0.2, 0.25) is 0 Å². The number of nitrogens with zero attached hydrogens (tertiary/aromatic N) is 2. The first kappa shape index (κ1) is 20.2. The van der Waals surface area contributed by atoms with Crippen LogP contribution in [0.4, 0.5) is 4.79 Å². The molecule has 30 heavy (non-hydrogen) atoms. The second-order valence-corrected chi connectivity index (χ2v) is 7.87. The van der Waals surface area contributed by atoms with Gasteiger partial charge in [0.1, 0.15) is 17.0 Å². The molecule has 0 radical (unpaired) electrons. The monoisotopic (exact) mass is 409 g/mol. The third kappa shape index (κ3) is 3.39. The van der Waals surface area contributed by atoms with Crippen LogP contribution in [0.3, 0.4) is 0 Å². The van der Waals surface area contributed by atoms with Crippen molar-refractivity contribution in [3.05, 3.63) is 59.7 Å². The van der Waals surface area contributed by atoms with E-state index < -0.39 is 5.54 Å². The van der Waals surface area contributed by atoms with E-state index >= 15 is 0 Å². The zero-order valence-corrected chi connectivity index (χ0v) is 17.6. The Balaban J connectivity index is 1.58. The fourth-order valence-electron chi connectivity index (χ4n) is 4.42. The highest BCUT2D eigenvalue weighted by atomic mass is 16.5. The molecule has 2 heterocycles. The van der Waals surface area contributed by atoms with Crippen molar-refractivity contribution in [1.29, 1.82) is 0 Å². The van der Waals surface area contributed by atoms with Gasteiger partial charge in [0.05, 0.1) is 20.9 Å². The van der Waals surface area contributed by atoms with Gasteiger partial charge in [-0.1, -0.05) is 30.3 Å². The molecule has 158 valence electrons. The maximum Gasteiger partial charge on any atom is 0.326 e. The number of carbonyl (C=O) groups excluding carboxylic acids is 2. The number of methoxy groups -OCH3 is 2. The third-order valence-corrected chi connectivity index (χ3v) is 6.11. The van der Waals surface area contributed by atoms with Gasteiger partial charge in [-0.25, -0.2) is 9.69 Å². The van der Waals surface area contributed by atoms with Crippen molar-refractivity contribution >= 4 is 11.9 Å². The summed E-state index contributed by atoms with van der Waals surface area (Å²) in [6, 6.07) is 14.8. The quantitative estimate of drug-likeness (QED) is 0.742. The van der Waals surface area contributed by atoms with E-state index in [1.165, 1.54) is 4.90 Å². The van der Waals surface area contributed by atoms with Crippen molar-refractivity contribution in [2.45, 2.75) is 31.3 Å². The van der Waals surface area contributed by atoms with Gasteiger partial charge in [0, 0.05) is 18.2 Å². The van der Waals surface area contributed by atoms with Crippen LogP contribution in [0.25, 0.3) is 0 Å². The maximum absolute atomic E-state index is 13.3. The van der Waals surface area contributed by atoms with E-state index in [1.54, 1.807) is 21.1 Å². The zero-order valence-electron chi connectivity index (χ0n) is 17.6. The molecule has 7 heteroatoms. The molecule has 2 aliphatic heterocycles. The topological polar surface area (TPSA) is 71.1 Å². The highest BCUT2D eigenvalue weighted by molar-refractivity contribution is 6.07. The molecule has 0 saturated carbocycles. The first-order valence-electron chi connectivity index (χ1n) is 10.1. The molecule has 0 spiro atoms. The summed E-state index contributed by atoms with van der Waals surface area (Å²) in [6.45, 7) is 2.79. The van der Waals surface area contributed by atoms with E-state index in [2.05, 4.69) is 10.2 Å². The molecule has 4 rings (SSSR count). The Kier molecular flexibility index (Phi) is 5.39. The van der Waals surface area contributed by atoms with E-state index in [9.17, 15) is 9.59 Å². The number of amides is 3. The van der Waals surface area contributed by atoms with Gasteiger partial charge in [-0.3, -0.25) is 9.69 Å². The Morgan fingerprint density at radius 3 is 2.57 bits per heavy atom. The molecule has 2 aromatic carbocycles. The number of benzene rings is 2. The summed E-state index contributed by atoms with van der Waals surface area (Å²) in [5.41, 5.74) is 0.729. The van der Waals surface area contributed by atoms with Crippen LogP contribution in [-0.2, 0) is 10.3 Å². The molecule has 2 atom stereocenters. The van der Waals surface area contributed by atoms with Gasteiger partial charge >= 0.3 is 6.03 Å². The molecule has 0 aromatic heterocycles. The number of imide groups is 1. The lowest BCUT2D eigenvalue weighted by atomic mass is 9.92. The van der Waals surface area contributed by atoms with Crippen LogP contribution in [0, 0.1) is 0 Å². The summed E-state index contributed by atoms with van der Waals surface area (Å²) in [6.07, 6.45) is 1.90. The van der Waals surface area contributed by atoms with E-state index in [0.717, 1.165) is 42.0 Å². The minimum absolute atomic E-state index is 0.0410. The van der Waals surface area contributed by atoms with Crippen molar-refractivity contribution in [3.63, 3.8) is 0 Å². The van der Waals surface area contributed by atoms with Crippen molar-refractivity contribution in [1.82, 2.24) is 15.1 Å². The van der Waals surface area contributed by atoms with Crippen molar-refractivity contribution in [2.24, 2.45) is 0 Å². The summed E-state index contributed by atoms with van der Waals surface area (Å²) in [4.78, 5) is 29.5. The minimum atomic E-state index is -1.05. The lowest BCUT2D eigenvalue weighted by Gasteiger charge is -2.29. The summed E-state index contributed by atoms with van der Waals surface area (Å²) in [7, 11) is 3.28. The second kappa shape index (κ2) is 7.99. The van der Waals surface area contributed by atoms with Crippen molar-refractivity contribution in [3.8, 4) is 11.5 Å². The number of nitrogens with one attached hydrogen (secondary N) is 1. The summed E-state index contributed by atoms with van der Waals surface area (Å²) < 4.78 is 11.0. The maximum atomic E-state index is 13.3. The number of hydrogen-bond donors (Lipinski definition) is 1. The molecule has 0 aliphatic carbocycles. The number of carbonyl (C=O) groups is 2. The van der Waals surface area contributed by atoms with Crippen molar-refractivity contribution < 1.29 is 19.1 Å². The molecular formula is C23H27N3O4. The lowest BCUT2D eigenvalue weighted by molar-refractivity contribution is -0.132. The largest absolute Gasteiger partial charge is 0.497 e. The third-order valence-electron chi connectivity index (χ3n) is 6.11. The Hall–Kier alpha value is -3.06. The summed E-state index contributed by atoms with van der Waals surface area (Å²) >= 11 is 0. The van der Waals surface area contributed by atoms with Crippen LogP contribution in [0.2, 0.25) is 0 Å². The standard InChI is InChI=1S/C23H27N3O4/c1-23(16-8-5-4-6-9-16)21(27)26(22(28)24-23)15-25-13-7-10-19(25)18-14-17(29-2)11-12-20(18)30-3/h4-6,8-9,11-12,14,19H,7,10,13,15H2,1-3H3,(H,24,28)/t19-,23+/m1/s1. The molecule has 2 aromatic rings. The Morgan fingerprint density at radius 2 is 1.87 bits per heavy atom. The van der Waals surface area contributed by atoms with Gasteiger partial charge in [0.25, 0.3) is 5.91 Å². The highest BCUT2D eigenvalue weighted by Gasteiger charge is 2.50. The van der Waals surface area contributed by atoms with E-state index in [0.29, 0.717) is 0 Å². The number of rotatable bonds is 6. The number of likely N-dealkylation sites (tertiary alicyclic amines) is 1. The van der Waals surface area contributed by atoms with Crippen LogP contribution < -0.4 is 14.8 Å².